The quantitative estimate of drug-likeness (QED) is 0.678. The number of aromatic nitrogens is 3. The maximum absolute atomic E-state index is 11.3. The van der Waals surface area contributed by atoms with Gasteiger partial charge >= 0.3 is 5.97 Å². The van der Waals surface area contributed by atoms with Crippen molar-refractivity contribution in [2.24, 2.45) is 7.05 Å². The third-order valence-corrected chi connectivity index (χ3v) is 3.26. The summed E-state index contributed by atoms with van der Waals surface area (Å²) < 4.78 is 7.04. The van der Waals surface area contributed by atoms with E-state index in [1.165, 1.54) is 13.3 Å². The minimum absolute atomic E-state index is 0.401. The van der Waals surface area contributed by atoms with Crippen molar-refractivity contribution in [2.45, 2.75) is 6.92 Å². The number of aryl methyl sites for hydroxylation is 1. The Balaban J connectivity index is 2.24. The molecule has 22 heavy (non-hydrogen) atoms. The van der Waals surface area contributed by atoms with Crippen molar-refractivity contribution in [3.63, 3.8) is 0 Å². The number of nitriles is 1. The highest BCUT2D eigenvalue weighted by Gasteiger charge is 2.17. The summed E-state index contributed by atoms with van der Waals surface area (Å²) in [5, 5.41) is 9.55. The zero-order valence-electron chi connectivity index (χ0n) is 12.1. The summed E-state index contributed by atoms with van der Waals surface area (Å²) in [5.74, 6) is 0.0205. The summed E-state index contributed by atoms with van der Waals surface area (Å²) in [6, 6.07) is 9.14. The fraction of sp³-hybridized carbons (Fsp3) is 0.125. The van der Waals surface area contributed by atoms with Crippen LogP contribution in [0.1, 0.15) is 12.5 Å². The molecule has 0 radical (unpaired) electrons. The molecule has 0 spiro atoms. The predicted octanol–water partition coefficient (Wildman–Crippen LogP) is 2.43. The molecule has 0 aliphatic rings. The van der Waals surface area contributed by atoms with E-state index in [-0.39, 0.29) is 0 Å². The van der Waals surface area contributed by atoms with Gasteiger partial charge in [-0.2, -0.15) is 5.26 Å². The van der Waals surface area contributed by atoms with Gasteiger partial charge in [0.05, 0.1) is 22.7 Å². The van der Waals surface area contributed by atoms with Crippen molar-refractivity contribution in [1.82, 2.24) is 14.5 Å². The molecular weight excluding hydrogens is 280 g/mol. The molecule has 0 aliphatic carbocycles. The first-order chi connectivity index (χ1) is 10.6. The maximum atomic E-state index is 11.3. The highest BCUT2D eigenvalue weighted by Crippen LogP contribution is 2.34. The van der Waals surface area contributed by atoms with Crippen molar-refractivity contribution in [3.8, 4) is 23.1 Å². The van der Waals surface area contributed by atoms with Crippen molar-refractivity contribution in [3.05, 3.63) is 42.4 Å². The van der Waals surface area contributed by atoms with Crippen LogP contribution in [0.5, 0.6) is 5.75 Å². The third kappa shape index (κ3) is 2.29. The Bertz CT molecular complexity index is 904. The zero-order valence-corrected chi connectivity index (χ0v) is 12.1. The Morgan fingerprint density at radius 2 is 2.00 bits per heavy atom. The minimum Gasteiger partial charge on any atom is -0.424 e. The first kappa shape index (κ1) is 13.8. The highest BCUT2D eigenvalue weighted by atomic mass is 16.5. The highest BCUT2D eigenvalue weighted by molar-refractivity contribution is 5.97. The number of fused-ring (bicyclic) bond motifs is 1. The topological polar surface area (TPSA) is 80.8 Å². The van der Waals surface area contributed by atoms with Crippen molar-refractivity contribution in [2.75, 3.05) is 0 Å². The van der Waals surface area contributed by atoms with Crippen molar-refractivity contribution >= 4 is 17.0 Å². The summed E-state index contributed by atoms with van der Waals surface area (Å²) in [5.41, 5.74) is 2.73. The van der Waals surface area contributed by atoms with E-state index in [2.05, 4.69) is 16.0 Å². The van der Waals surface area contributed by atoms with Gasteiger partial charge in [-0.1, -0.05) is 12.1 Å². The van der Waals surface area contributed by atoms with E-state index < -0.39 is 5.97 Å². The molecule has 0 unspecified atom stereocenters. The summed E-state index contributed by atoms with van der Waals surface area (Å²) in [6.07, 6.45) is 3.17. The number of hydrogen-bond donors (Lipinski definition) is 0. The molecule has 0 N–H and O–H groups in total. The lowest BCUT2D eigenvalue weighted by molar-refractivity contribution is -0.131. The second kappa shape index (κ2) is 5.30. The molecule has 0 bridgehead atoms. The van der Waals surface area contributed by atoms with Crippen molar-refractivity contribution < 1.29 is 9.53 Å². The van der Waals surface area contributed by atoms with Crippen LogP contribution in [0.4, 0.5) is 0 Å². The maximum Gasteiger partial charge on any atom is 0.308 e. The van der Waals surface area contributed by atoms with E-state index in [1.54, 1.807) is 22.9 Å². The SMILES string of the molecule is CC(=O)Oc1cn(C)c2ncnc(-c3ccc(C#N)cc3)c12. The van der Waals surface area contributed by atoms with Crippen LogP contribution in [0, 0.1) is 11.3 Å². The molecule has 3 aromatic rings. The molecule has 0 fully saturated rings. The van der Waals surface area contributed by atoms with Gasteiger partial charge in [-0.25, -0.2) is 9.97 Å². The molecule has 1 aromatic carbocycles. The van der Waals surface area contributed by atoms with E-state index in [4.69, 9.17) is 10.00 Å². The number of esters is 1. The monoisotopic (exact) mass is 292 g/mol. The average molecular weight is 292 g/mol. The van der Waals surface area contributed by atoms with Gasteiger partial charge in [0.15, 0.2) is 5.75 Å². The van der Waals surface area contributed by atoms with Crippen LogP contribution in [-0.4, -0.2) is 20.5 Å². The molecule has 108 valence electrons. The number of hydrogen-bond acceptors (Lipinski definition) is 5. The third-order valence-electron chi connectivity index (χ3n) is 3.26. The molecule has 2 heterocycles. The lowest BCUT2D eigenvalue weighted by Gasteiger charge is -2.05. The van der Waals surface area contributed by atoms with E-state index in [0.717, 1.165) is 5.56 Å². The Morgan fingerprint density at radius 1 is 1.27 bits per heavy atom. The van der Waals surface area contributed by atoms with Crippen LogP contribution in [0.3, 0.4) is 0 Å². The van der Waals surface area contributed by atoms with Gasteiger partial charge in [-0.15, -0.1) is 0 Å². The van der Waals surface area contributed by atoms with Crippen LogP contribution in [0.2, 0.25) is 0 Å². The molecule has 0 saturated carbocycles. The second-order valence-electron chi connectivity index (χ2n) is 4.81. The van der Waals surface area contributed by atoms with E-state index in [1.807, 2.05) is 19.2 Å². The lowest BCUT2D eigenvalue weighted by Crippen LogP contribution is -2.01. The zero-order chi connectivity index (χ0) is 15.7. The predicted molar refractivity (Wildman–Crippen MR) is 80.0 cm³/mol. The van der Waals surface area contributed by atoms with Crippen LogP contribution in [-0.2, 0) is 11.8 Å². The van der Waals surface area contributed by atoms with E-state index in [9.17, 15) is 4.79 Å². The first-order valence-corrected chi connectivity index (χ1v) is 6.59. The normalized spacial score (nSPS) is 10.4. The Labute approximate surface area is 126 Å². The Kier molecular flexibility index (Phi) is 3.31. The Morgan fingerprint density at radius 3 is 2.64 bits per heavy atom. The number of benzene rings is 1. The molecule has 0 amide bonds. The molecule has 0 saturated heterocycles. The molecule has 0 aliphatic heterocycles. The van der Waals surface area contributed by atoms with Gasteiger partial charge < -0.3 is 9.30 Å². The lowest BCUT2D eigenvalue weighted by atomic mass is 10.1. The fourth-order valence-corrected chi connectivity index (χ4v) is 2.33. The molecule has 6 heteroatoms. The van der Waals surface area contributed by atoms with Gasteiger partial charge in [0.25, 0.3) is 0 Å². The number of carbonyl (C=O) groups is 1. The smallest absolute Gasteiger partial charge is 0.308 e. The van der Waals surface area contributed by atoms with E-state index in [0.29, 0.717) is 28.0 Å². The number of rotatable bonds is 2. The van der Waals surface area contributed by atoms with Crippen molar-refractivity contribution in [1.29, 1.82) is 5.26 Å². The van der Waals surface area contributed by atoms with Gasteiger partial charge in [0, 0.05) is 25.7 Å². The molecular formula is C16H12N4O2. The molecule has 6 nitrogen and oxygen atoms in total. The molecule has 0 atom stereocenters. The molecule has 2 aromatic heterocycles. The minimum atomic E-state index is -0.401. The van der Waals surface area contributed by atoms with Gasteiger partial charge in [-0.3, -0.25) is 4.79 Å². The van der Waals surface area contributed by atoms with Crippen LogP contribution < -0.4 is 4.74 Å². The summed E-state index contributed by atoms with van der Waals surface area (Å²) in [7, 11) is 1.82. The Hall–Kier alpha value is -3.20. The standard InChI is InChI=1S/C16H12N4O2/c1-10(21)22-13-8-20(2)16-14(13)15(18-9-19-16)12-5-3-11(7-17)4-6-12/h3-6,8-9H,1-2H3. The number of nitrogens with zero attached hydrogens (tertiary/aromatic N) is 4. The largest absolute Gasteiger partial charge is 0.424 e. The van der Waals surface area contributed by atoms with Gasteiger partial charge in [-0.05, 0) is 12.1 Å². The number of carbonyl (C=O) groups excluding carboxylic acids is 1. The molecule has 3 rings (SSSR count). The van der Waals surface area contributed by atoms with E-state index >= 15 is 0 Å². The van der Waals surface area contributed by atoms with Crippen LogP contribution >= 0.6 is 0 Å². The average Bonchev–Trinajstić information content (AvgIpc) is 2.83. The van der Waals surface area contributed by atoms with Crippen LogP contribution in [0.25, 0.3) is 22.3 Å². The van der Waals surface area contributed by atoms with Gasteiger partial charge in [0.1, 0.15) is 12.0 Å². The second-order valence-corrected chi connectivity index (χ2v) is 4.81. The summed E-state index contributed by atoms with van der Waals surface area (Å²) >= 11 is 0. The summed E-state index contributed by atoms with van der Waals surface area (Å²) in [4.78, 5) is 19.8. The fourth-order valence-electron chi connectivity index (χ4n) is 2.33. The number of ether oxygens (including phenoxy) is 1. The van der Waals surface area contributed by atoms with Crippen LogP contribution in [0.15, 0.2) is 36.8 Å². The van der Waals surface area contributed by atoms with Gasteiger partial charge in [0.2, 0.25) is 0 Å². The summed E-state index contributed by atoms with van der Waals surface area (Å²) in [6.45, 7) is 1.35. The first-order valence-electron chi connectivity index (χ1n) is 6.59.